The van der Waals surface area contributed by atoms with Crippen LogP contribution in [-0.2, 0) is 20.4 Å². The van der Waals surface area contributed by atoms with Crippen molar-refractivity contribution in [3.05, 3.63) is 65.7 Å². The van der Waals surface area contributed by atoms with Gasteiger partial charge in [-0.05, 0) is 17.7 Å². The first-order valence-corrected chi connectivity index (χ1v) is 8.44. The van der Waals surface area contributed by atoms with Crippen molar-refractivity contribution in [2.24, 2.45) is 10.9 Å². The molecule has 0 radical (unpaired) electrons. The Morgan fingerprint density at radius 1 is 1.17 bits per heavy atom. The van der Waals surface area contributed by atoms with Crippen molar-refractivity contribution >= 4 is 22.4 Å². The summed E-state index contributed by atoms with van der Waals surface area (Å²) >= 11 is 0. The van der Waals surface area contributed by atoms with Crippen LogP contribution in [0.3, 0.4) is 0 Å². The molecule has 0 aliphatic heterocycles. The van der Waals surface area contributed by atoms with Crippen molar-refractivity contribution in [1.29, 1.82) is 0 Å². The molecule has 126 valence electrons. The Morgan fingerprint density at radius 2 is 1.79 bits per heavy atom. The van der Waals surface area contributed by atoms with E-state index in [1.54, 1.807) is 36.4 Å². The summed E-state index contributed by atoms with van der Waals surface area (Å²) in [4.78, 5) is 17.2. The SMILES string of the molecule is CNC(=O)C(=NOC)c1ccc(C(N)S(=O)c2ccccc2)cc1. The number of rotatable bonds is 6. The van der Waals surface area contributed by atoms with E-state index >= 15 is 0 Å². The molecular formula is C17H19N3O3S. The van der Waals surface area contributed by atoms with Crippen molar-refractivity contribution in [1.82, 2.24) is 5.32 Å². The first-order valence-electron chi connectivity index (χ1n) is 7.23. The minimum Gasteiger partial charge on any atom is -0.398 e. The van der Waals surface area contributed by atoms with Crippen LogP contribution < -0.4 is 11.1 Å². The Kier molecular flexibility index (Phi) is 6.22. The molecule has 2 atom stereocenters. The summed E-state index contributed by atoms with van der Waals surface area (Å²) in [6.45, 7) is 0. The van der Waals surface area contributed by atoms with E-state index in [0.717, 1.165) is 0 Å². The van der Waals surface area contributed by atoms with E-state index in [4.69, 9.17) is 10.6 Å². The molecule has 0 aromatic heterocycles. The van der Waals surface area contributed by atoms with Gasteiger partial charge in [-0.3, -0.25) is 9.00 Å². The molecule has 6 nitrogen and oxygen atoms in total. The molecule has 0 aliphatic carbocycles. The molecule has 3 N–H and O–H groups in total. The number of amides is 1. The Morgan fingerprint density at radius 3 is 2.33 bits per heavy atom. The van der Waals surface area contributed by atoms with Crippen LogP contribution in [0.4, 0.5) is 0 Å². The van der Waals surface area contributed by atoms with Crippen molar-refractivity contribution in [2.75, 3.05) is 14.2 Å². The molecule has 0 spiro atoms. The van der Waals surface area contributed by atoms with Crippen molar-refractivity contribution in [3.63, 3.8) is 0 Å². The van der Waals surface area contributed by atoms with E-state index in [0.29, 0.717) is 16.0 Å². The average Bonchev–Trinajstić information content (AvgIpc) is 2.65. The first-order chi connectivity index (χ1) is 11.6. The number of hydrogen-bond donors (Lipinski definition) is 2. The van der Waals surface area contributed by atoms with Gasteiger partial charge in [0.25, 0.3) is 5.91 Å². The summed E-state index contributed by atoms with van der Waals surface area (Å²) in [5.74, 6) is -0.359. The van der Waals surface area contributed by atoms with Crippen LogP contribution in [0.1, 0.15) is 16.5 Å². The minimum atomic E-state index is -1.37. The van der Waals surface area contributed by atoms with E-state index in [2.05, 4.69) is 10.5 Å². The standard InChI is InChI=1S/C17H19N3O3S/c1-19-17(21)15(20-23-2)12-8-10-13(11-9-12)16(18)24(22)14-6-4-3-5-7-14/h3-11,16H,18H2,1-2H3,(H,19,21). The summed E-state index contributed by atoms with van der Waals surface area (Å²) < 4.78 is 12.5. The van der Waals surface area contributed by atoms with Gasteiger partial charge in [-0.1, -0.05) is 47.6 Å². The van der Waals surface area contributed by atoms with Gasteiger partial charge in [0.05, 0.1) is 10.8 Å². The fraction of sp³-hybridized carbons (Fsp3) is 0.176. The number of nitrogens with two attached hydrogens (primary N) is 1. The number of nitrogens with zero attached hydrogens (tertiary/aromatic N) is 1. The second kappa shape index (κ2) is 8.37. The predicted octanol–water partition coefficient (Wildman–Crippen LogP) is 1.55. The summed E-state index contributed by atoms with van der Waals surface area (Å²) in [7, 11) is 1.52. The lowest BCUT2D eigenvalue weighted by atomic mass is 10.1. The van der Waals surface area contributed by atoms with E-state index < -0.39 is 16.2 Å². The second-order valence-corrected chi connectivity index (χ2v) is 6.43. The van der Waals surface area contributed by atoms with Gasteiger partial charge in [0.1, 0.15) is 12.5 Å². The lowest BCUT2D eigenvalue weighted by Crippen LogP contribution is -2.28. The van der Waals surface area contributed by atoms with Crippen molar-refractivity contribution < 1.29 is 13.8 Å². The first kappa shape index (κ1) is 17.8. The molecule has 0 bridgehead atoms. The fourth-order valence-corrected chi connectivity index (χ4v) is 3.21. The third-order valence-electron chi connectivity index (χ3n) is 3.34. The maximum absolute atomic E-state index is 12.5. The molecule has 1 amide bonds. The number of oxime groups is 1. The van der Waals surface area contributed by atoms with Gasteiger partial charge in [-0.15, -0.1) is 0 Å². The van der Waals surface area contributed by atoms with Crippen molar-refractivity contribution in [3.8, 4) is 0 Å². The van der Waals surface area contributed by atoms with Crippen LogP contribution in [0, 0.1) is 0 Å². The van der Waals surface area contributed by atoms with E-state index in [1.807, 2.05) is 18.2 Å². The monoisotopic (exact) mass is 345 g/mol. The topological polar surface area (TPSA) is 93.8 Å². The summed E-state index contributed by atoms with van der Waals surface area (Å²) in [5.41, 5.74) is 7.55. The van der Waals surface area contributed by atoms with Gasteiger partial charge in [0, 0.05) is 17.5 Å². The Labute approximate surface area is 143 Å². The maximum Gasteiger partial charge on any atom is 0.273 e. The molecule has 0 aliphatic rings. The highest BCUT2D eigenvalue weighted by atomic mass is 32.2. The molecule has 2 rings (SSSR count). The van der Waals surface area contributed by atoms with Crippen LogP contribution in [0.2, 0.25) is 0 Å². The molecule has 0 fully saturated rings. The summed E-state index contributed by atoms with van der Waals surface area (Å²) in [6.07, 6.45) is 0. The Bertz CT molecular complexity index is 745. The van der Waals surface area contributed by atoms with Crippen LogP contribution in [0.15, 0.2) is 64.6 Å². The van der Waals surface area contributed by atoms with Gasteiger partial charge in [0.15, 0.2) is 5.71 Å². The molecule has 2 aromatic carbocycles. The molecule has 0 saturated carbocycles. The predicted molar refractivity (Wildman–Crippen MR) is 93.8 cm³/mol. The lowest BCUT2D eigenvalue weighted by Gasteiger charge is -2.13. The zero-order valence-electron chi connectivity index (χ0n) is 13.4. The third-order valence-corrected chi connectivity index (χ3v) is 4.81. The largest absolute Gasteiger partial charge is 0.398 e. The van der Waals surface area contributed by atoms with Gasteiger partial charge >= 0.3 is 0 Å². The van der Waals surface area contributed by atoms with Gasteiger partial charge < -0.3 is 15.9 Å². The summed E-state index contributed by atoms with van der Waals surface area (Å²) in [6, 6.07) is 15.9. The number of benzene rings is 2. The average molecular weight is 345 g/mol. The summed E-state index contributed by atoms with van der Waals surface area (Å²) in [5, 5.41) is 5.58. The maximum atomic E-state index is 12.5. The normalized spacial score (nSPS) is 13.9. The molecule has 7 heteroatoms. The van der Waals surface area contributed by atoms with E-state index in [-0.39, 0.29) is 11.6 Å². The Balaban J connectivity index is 2.24. The second-order valence-electron chi connectivity index (χ2n) is 4.85. The molecule has 0 saturated heterocycles. The zero-order valence-corrected chi connectivity index (χ0v) is 14.2. The lowest BCUT2D eigenvalue weighted by molar-refractivity contribution is -0.114. The highest BCUT2D eigenvalue weighted by molar-refractivity contribution is 7.85. The van der Waals surface area contributed by atoms with E-state index in [9.17, 15) is 9.00 Å². The molecular weight excluding hydrogens is 326 g/mol. The number of hydrogen-bond acceptors (Lipinski definition) is 5. The number of nitrogens with one attached hydrogen (secondary N) is 1. The minimum absolute atomic E-state index is 0.157. The van der Waals surface area contributed by atoms with Crippen LogP contribution in [0.5, 0.6) is 0 Å². The van der Waals surface area contributed by atoms with Gasteiger partial charge in [0.2, 0.25) is 0 Å². The van der Waals surface area contributed by atoms with E-state index in [1.165, 1.54) is 14.2 Å². The fourth-order valence-electron chi connectivity index (χ4n) is 2.09. The van der Waals surface area contributed by atoms with Crippen LogP contribution >= 0.6 is 0 Å². The van der Waals surface area contributed by atoms with Crippen LogP contribution in [0.25, 0.3) is 0 Å². The molecule has 24 heavy (non-hydrogen) atoms. The zero-order chi connectivity index (χ0) is 17.5. The quantitative estimate of drug-likeness (QED) is 0.613. The van der Waals surface area contributed by atoms with Gasteiger partial charge in [-0.25, -0.2) is 0 Å². The highest BCUT2D eigenvalue weighted by Crippen LogP contribution is 2.21. The molecule has 0 heterocycles. The number of carbonyl (C=O) groups excluding carboxylic acids is 1. The molecule has 2 aromatic rings. The smallest absolute Gasteiger partial charge is 0.273 e. The molecule has 2 unspecified atom stereocenters. The third kappa shape index (κ3) is 4.06. The van der Waals surface area contributed by atoms with Gasteiger partial charge in [-0.2, -0.15) is 0 Å². The van der Waals surface area contributed by atoms with Crippen LogP contribution in [-0.4, -0.2) is 30.0 Å². The highest BCUT2D eigenvalue weighted by Gasteiger charge is 2.18. The Hall–Kier alpha value is -2.51. The number of carbonyl (C=O) groups is 1. The number of likely N-dealkylation sites (N-methyl/N-ethyl adjacent to an activating group) is 1. The van der Waals surface area contributed by atoms with Crippen molar-refractivity contribution in [2.45, 2.75) is 10.3 Å².